The molecule has 0 N–H and O–H groups in total. The molecule has 1 saturated heterocycles. The number of anilines is 1. The molecule has 0 aliphatic carbocycles. The molecule has 0 saturated carbocycles. The number of nitrogens with zero attached hydrogens (tertiary/aromatic N) is 4. The van der Waals surface area contributed by atoms with E-state index in [2.05, 4.69) is 45.1 Å². The maximum atomic E-state index is 6.31. The highest BCUT2D eigenvalue weighted by Crippen LogP contribution is 2.26. The minimum Gasteiger partial charge on any atom is -0.368 e. The summed E-state index contributed by atoms with van der Waals surface area (Å²) in [6, 6.07) is 16.2. The van der Waals surface area contributed by atoms with Gasteiger partial charge in [0.15, 0.2) is 0 Å². The molecule has 0 radical (unpaired) electrons. The van der Waals surface area contributed by atoms with Gasteiger partial charge in [-0.25, -0.2) is 0 Å². The van der Waals surface area contributed by atoms with Crippen LogP contribution in [0.15, 0.2) is 53.1 Å². The van der Waals surface area contributed by atoms with E-state index in [0.29, 0.717) is 18.3 Å². The summed E-state index contributed by atoms with van der Waals surface area (Å²) in [4.78, 5) is 9.20. The summed E-state index contributed by atoms with van der Waals surface area (Å²) in [7, 11) is 0. The highest BCUT2D eigenvalue weighted by atomic mass is 35.5. The second-order valence-electron chi connectivity index (χ2n) is 6.59. The van der Waals surface area contributed by atoms with Gasteiger partial charge in [0.1, 0.15) is 0 Å². The Morgan fingerprint density at radius 2 is 1.73 bits per heavy atom. The van der Waals surface area contributed by atoms with Gasteiger partial charge in [-0.15, -0.1) is 0 Å². The van der Waals surface area contributed by atoms with E-state index in [9.17, 15) is 0 Å². The first-order valence-electron chi connectivity index (χ1n) is 8.80. The molecular weight excluding hydrogens is 348 g/mol. The summed E-state index contributed by atoms with van der Waals surface area (Å²) in [5, 5.41) is 4.92. The lowest BCUT2D eigenvalue weighted by molar-refractivity contribution is 0.215. The quantitative estimate of drug-likeness (QED) is 0.696. The first-order chi connectivity index (χ1) is 12.7. The van der Waals surface area contributed by atoms with Crippen molar-refractivity contribution >= 4 is 17.3 Å². The van der Waals surface area contributed by atoms with Crippen LogP contribution < -0.4 is 4.90 Å². The third kappa shape index (κ3) is 3.74. The molecule has 26 heavy (non-hydrogen) atoms. The van der Waals surface area contributed by atoms with Crippen molar-refractivity contribution in [2.24, 2.45) is 0 Å². The molecule has 1 aliphatic heterocycles. The summed E-state index contributed by atoms with van der Waals surface area (Å²) in [6.45, 7) is 6.48. The van der Waals surface area contributed by atoms with E-state index in [0.717, 1.165) is 42.5 Å². The molecule has 3 aromatic rings. The van der Waals surface area contributed by atoms with E-state index in [1.807, 2.05) is 30.3 Å². The average molecular weight is 369 g/mol. The van der Waals surface area contributed by atoms with Crippen LogP contribution in [0.25, 0.3) is 11.4 Å². The average Bonchev–Trinajstić information content (AvgIpc) is 3.12. The van der Waals surface area contributed by atoms with Crippen molar-refractivity contribution in [2.45, 2.75) is 13.5 Å². The van der Waals surface area contributed by atoms with Crippen molar-refractivity contribution in [3.63, 3.8) is 0 Å². The van der Waals surface area contributed by atoms with E-state index in [4.69, 9.17) is 16.1 Å². The number of aryl methyl sites for hydroxylation is 1. The Kier molecular flexibility index (Phi) is 4.91. The lowest BCUT2D eigenvalue weighted by atomic mass is 10.1. The minimum absolute atomic E-state index is 0.648. The highest BCUT2D eigenvalue weighted by Gasteiger charge is 2.20. The molecule has 1 aliphatic rings. The SMILES string of the molecule is Cc1ccc(-c2noc(CN3CCN(c4ccccc4Cl)CC3)n2)cc1. The summed E-state index contributed by atoms with van der Waals surface area (Å²) >= 11 is 6.31. The Balaban J connectivity index is 1.36. The van der Waals surface area contributed by atoms with Gasteiger partial charge in [-0.05, 0) is 19.1 Å². The molecule has 1 aromatic heterocycles. The smallest absolute Gasteiger partial charge is 0.241 e. The second kappa shape index (κ2) is 7.48. The summed E-state index contributed by atoms with van der Waals surface area (Å²) in [6.07, 6.45) is 0. The van der Waals surface area contributed by atoms with Crippen molar-refractivity contribution in [2.75, 3.05) is 31.1 Å². The third-order valence-electron chi connectivity index (χ3n) is 4.70. The zero-order chi connectivity index (χ0) is 17.9. The van der Waals surface area contributed by atoms with Crippen molar-refractivity contribution < 1.29 is 4.52 Å². The fraction of sp³-hybridized carbons (Fsp3) is 0.300. The molecule has 0 bridgehead atoms. The van der Waals surface area contributed by atoms with Gasteiger partial charge in [0.2, 0.25) is 11.7 Å². The molecule has 0 unspecified atom stereocenters. The fourth-order valence-electron chi connectivity index (χ4n) is 3.19. The standard InChI is InChI=1S/C20H21ClN4O/c1-15-6-8-16(9-7-15)20-22-19(26-23-20)14-24-10-12-25(13-11-24)18-5-3-2-4-17(18)21/h2-9H,10-14H2,1H3. The highest BCUT2D eigenvalue weighted by molar-refractivity contribution is 6.33. The molecule has 134 valence electrons. The molecule has 2 aromatic carbocycles. The number of halogens is 1. The molecule has 5 nitrogen and oxygen atoms in total. The Bertz CT molecular complexity index is 870. The van der Waals surface area contributed by atoms with Crippen LogP contribution in [0.1, 0.15) is 11.5 Å². The predicted molar refractivity (Wildman–Crippen MR) is 103 cm³/mol. The van der Waals surface area contributed by atoms with E-state index in [-0.39, 0.29) is 0 Å². The number of rotatable bonds is 4. The van der Waals surface area contributed by atoms with Gasteiger partial charge >= 0.3 is 0 Å². The van der Waals surface area contributed by atoms with Gasteiger partial charge in [-0.1, -0.05) is 58.7 Å². The third-order valence-corrected chi connectivity index (χ3v) is 5.02. The normalized spacial score (nSPS) is 15.4. The number of hydrogen-bond donors (Lipinski definition) is 0. The zero-order valence-electron chi connectivity index (χ0n) is 14.7. The number of hydrogen-bond acceptors (Lipinski definition) is 5. The zero-order valence-corrected chi connectivity index (χ0v) is 15.5. The first kappa shape index (κ1) is 17.1. The number of piperazine rings is 1. The van der Waals surface area contributed by atoms with Gasteiger partial charge in [-0.3, -0.25) is 4.90 Å². The van der Waals surface area contributed by atoms with Gasteiger partial charge in [0, 0.05) is 31.7 Å². The summed E-state index contributed by atoms with van der Waals surface area (Å²) in [5.41, 5.74) is 3.30. The molecule has 0 amide bonds. The second-order valence-corrected chi connectivity index (χ2v) is 7.00. The number of benzene rings is 2. The molecule has 6 heteroatoms. The van der Waals surface area contributed by atoms with Crippen LogP contribution >= 0.6 is 11.6 Å². The van der Waals surface area contributed by atoms with Gasteiger partial charge in [-0.2, -0.15) is 4.98 Å². The van der Waals surface area contributed by atoms with Gasteiger partial charge in [0.25, 0.3) is 0 Å². The van der Waals surface area contributed by atoms with E-state index >= 15 is 0 Å². The fourth-order valence-corrected chi connectivity index (χ4v) is 3.44. The maximum Gasteiger partial charge on any atom is 0.241 e. The number of aromatic nitrogens is 2. The maximum absolute atomic E-state index is 6.31. The van der Waals surface area contributed by atoms with Crippen LogP contribution in [0.3, 0.4) is 0 Å². The van der Waals surface area contributed by atoms with E-state index in [1.165, 1.54) is 5.56 Å². The van der Waals surface area contributed by atoms with Crippen molar-refractivity contribution in [3.05, 3.63) is 65.0 Å². The van der Waals surface area contributed by atoms with Crippen LogP contribution in [0.2, 0.25) is 5.02 Å². The molecule has 0 atom stereocenters. The molecule has 1 fully saturated rings. The Hall–Kier alpha value is -2.37. The van der Waals surface area contributed by atoms with Crippen LogP contribution in [0, 0.1) is 6.92 Å². The Labute approximate surface area is 158 Å². The van der Waals surface area contributed by atoms with Crippen LogP contribution in [0.5, 0.6) is 0 Å². The van der Waals surface area contributed by atoms with Crippen LogP contribution in [-0.2, 0) is 6.54 Å². The summed E-state index contributed by atoms with van der Waals surface area (Å²) in [5.74, 6) is 1.31. The minimum atomic E-state index is 0.648. The Morgan fingerprint density at radius 1 is 1.00 bits per heavy atom. The van der Waals surface area contributed by atoms with Crippen molar-refractivity contribution in [1.29, 1.82) is 0 Å². The Morgan fingerprint density at radius 3 is 2.46 bits per heavy atom. The van der Waals surface area contributed by atoms with Crippen molar-refractivity contribution in [1.82, 2.24) is 15.0 Å². The van der Waals surface area contributed by atoms with Crippen molar-refractivity contribution in [3.8, 4) is 11.4 Å². The molecule has 4 rings (SSSR count). The molecular formula is C20H21ClN4O. The molecule has 0 spiro atoms. The predicted octanol–water partition coefficient (Wildman–Crippen LogP) is 4.02. The number of para-hydroxylation sites is 1. The van der Waals surface area contributed by atoms with Crippen LogP contribution in [0.4, 0.5) is 5.69 Å². The lowest BCUT2D eigenvalue weighted by Crippen LogP contribution is -2.46. The summed E-state index contributed by atoms with van der Waals surface area (Å²) < 4.78 is 5.45. The largest absolute Gasteiger partial charge is 0.368 e. The van der Waals surface area contributed by atoms with E-state index in [1.54, 1.807) is 0 Å². The van der Waals surface area contributed by atoms with Gasteiger partial charge < -0.3 is 9.42 Å². The molecule has 2 heterocycles. The first-order valence-corrected chi connectivity index (χ1v) is 9.18. The van der Waals surface area contributed by atoms with Crippen LogP contribution in [-0.4, -0.2) is 41.2 Å². The lowest BCUT2D eigenvalue weighted by Gasteiger charge is -2.35. The van der Waals surface area contributed by atoms with E-state index < -0.39 is 0 Å². The monoisotopic (exact) mass is 368 g/mol. The van der Waals surface area contributed by atoms with Gasteiger partial charge in [0.05, 0.1) is 17.3 Å². The topological polar surface area (TPSA) is 45.4 Å².